The fourth-order valence-corrected chi connectivity index (χ4v) is 4.76. The smallest absolute Gasteiger partial charge is 0.297 e. The van der Waals surface area contributed by atoms with Gasteiger partial charge in [-0.1, -0.05) is 47.1 Å². The highest BCUT2D eigenvalue weighted by Crippen LogP contribution is 2.26. The lowest BCUT2D eigenvalue weighted by Gasteiger charge is -2.09. The van der Waals surface area contributed by atoms with Gasteiger partial charge in [-0.2, -0.15) is 4.40 Å². The molecule has 6 heteroatoms. The fraction of sp³-hybridized carbons (Fsp3) is 0.222. The zero-order valence-corrected chi connectivity index (χ0v) is 18.6. The van der Waals surface area contributed by atoms with Crippen LogP contribution in [0.1, 0.15) is 24.2 Å². The Morgan fingerprint density at radius 1 is 0.909 bits per heavy atom. The monoisotopic (exact) mass is 435 g/mol. The van der Waals surface area contributed by atoms with Crippen molar-refractivity contribution in [2.45, 2.75) is 25.9 Å². The summed E-state index contributed by atoms with van der Waals surface area (Å²) in [5.74, 6) is 1.04. The van der Waals surface area contributed by atoms with Gasteiger partial charge in [0.1, 0.15) is 5.69 Å². The number of hydrogen-bond donors (Lipinski definition) is 1. The van der Waals surface area contributed by atoms with E-state index in [0.717, 1.165) is 64.4 Å². The van der Waals surface area contributed by atoms with Crippen molar-refractivity contribution in [3.05, 3.63) is 90.5 Å². The number of benzene rings is 2. The molecule has 0 amide bonds. The summed E-state index contributed by atoms with van der Waals surface area (Å²) >= 11 is 0. The highest BCUT2D eigenvalue weighted by molar-refractivity contribution is 5.92. The molecule has 3 aromatic heterocycles. The van der Waals surface area contributed by atoms with Gasteiger partial charge in [-0.25, -0.2) is 0 Å². The van der Waals surface area contributed by atoms with Crippen LogP contribution in [0.5, 0.6) is 0 Å². The minimum absolute atomic E-state index is 0.530. The van der Waals surface area contributed by atoms with Gasteiger partial charge in [0.2, 0.25) is 0 Å². The van der Waals surface area contributed by atoms with E-state index >= 15 is 0 Å². The molecule has 0 unspecified atom stereocenters. The van der Waals surface area contributed by atoms with Gasteiger partial charge in [-0.05, 0) is 61.3 Å². The minimum atomic E-state index is 0.530. The minimum Gasteiger partial charge on any atom is -0.326 e. The molecule has 0 atom stereocenters. The summed E-state index contributed by atoms with van der Waals surface area (Å²) in [5.41, 5.74) is 12.2. The van der Waals surface area contributed by atoms with Crippen LogP contribution in [0.25, 0.3) is 33.4 Å². The number of pyridine rings is 2. The molecule has 0 spiro atoms. The molecule has 6 rings (SSSR count). The zero-order chi connectivity index (χ0) is 22.2. The summed E-state index contributed by atoms with van der Waals surface area (Å²) in [7, 11) is 0. The lowest BCUT2D eigenvalue weighted by atomic mass is 10.1. The molecule has 1 aliphatic heterocycles. The topological polar surface area (TPSA) is 64.1 Å². The maximum absolute atomic E-state index is 5.83. The van der Waals surface area contributed by atoms with Crippen LogP contribution in [0.3, 0.4) is 0 Å². The highest BCUT2D eigenvalue weighted by Gasteiger charge is 2.26. The van der Waals surface area contributed by atoms with E-state index in [9.17, 15) is 0 Å². The van der Waals surface area contributed by atoms with Crippen molar-refractivity contribution in [2.24, 2.45) is 5.73 Å². The van der Waals surface area contributed by atoms with E-state index in [1.54, 1.807) is 0 Å². The zero-order valence-electron chi connectivity index (χ0n) is 18.6. The van der Waals surface area contributed by atoms with Crippen LogP contribution in [-0.4, -0.2) is 32.8 Å². The first-order valence-corrected chi connectivity index (χ1v) is 11.6. The number of fused-ring (bicyclic) bond motifs is 3. The number of likely N-dealkylation sites (tertiary alicyclic amines) is 1. The summed E-state index contributed by atoms with van der Waals surface area (Å²) in [6.07, 6.45) is 6.58. The molecule has 0 radical (unpaired) electrons. The largest absolute Gasteiger partial charge is 0.326 e. The predicted molar refractivity (Wildman–Crippen MR) is 130 cm³/mol. The van der Waals surface area contributed by atoms with E-state index in [2.05, 4.69) is 80.8 Å². The number of aromatic nitrogens is 4. The van der Waals surface area contributed by atoms with E-state index in [1.165, 1.54) is 12.8 Å². The molecule has 2 aromatic carbocycles. The second kappa shape index (κ2) is 8.39. The third-order valence-electron chi connectivity index (χ3n) is 6.55. The van der Waals surface area contributed by atoms with Crippen molar-refractivity contribution < 1.29 is 4.40 Å². The normalized spacial score (nSPS) is 14.5. The summed E-state index contributed by atoms with van der Waals surface area (Å²) in [5, 5.41) is 6.20. The van der Waals surface area contributed by atoms with Gasteiger partial charge >= 0.3 is 0 Å². The van der Waals surface area contributed by atoms with Crippen molar-refractivity contribution in [3.63, 3.8) is 0 Å². The summed E-state index contributed by atoms with van der Waals surface area (Å²) < 4.78 is 4.29. The molecule has 0 saturated carbocycles. The summed E-state index contributed by atoms with van der Waals surface area (Å²) in [4.78, 5) is 7.29. The predicted octanol–water partition coefficient (Wildman–Crippen LogP) is 3.88. The Labute approximate surface area is 192 Å². The van der Waals surface area contributed by atoms with Crippen LogP contribution >= 0.6 is 0 Å². The van der Waals surface area contributed by atoms with Crippen molar-refractivity contribution in [1.82, 2.24) is 19.7 Å². The Bertz CT molecular complexity index is 1420. The number of nitrogens with zero attached hydrogens (tertiary/aromatic N) is 5. The van der Waals surface area contributed by atoms with Gasteiger partial charge < -0.3 is 5.73 Å². The van der Waals surface area contributed by atoms with E-state index in [-0.39, 0.29) is 0 Å². The second-order valence-corrected chi connectivity index (χ2v) is 8.71. The van der Waals surface area contributed by atoms with Crippen molar-refractivity contribution in [2.75, 3.05) is 13.1 Å². The molecule has 33 heavy (non-hydrogen) atoms. The number of nitrogens with two attached hydrogens (primary N) is 1. The van der Waals surface area contributed by atoms with Crippen LogP contribution in [-0.2, 0) is 13.1 Å². The highest BCUT2D eigenvalue weighted by atomic mass is 15.4. The average molecular weight is 436 g/mol. The van der Waals surface area contributed by atoms with Crippen LogP contribution in [0.15, 0.2) is 79.1 Å². The molecule has 0 bridgehead atoms. The molecular formula is C27H27N6+. The molecular weight excluding hydrogens is 408 g/mol. The Kier molecular flexibility index (Phi) is 5.09. The lowest BCUT2D eigenvalue weighted by molar-refractivity contribution is -0.522. The Morgan fingerprint density at radius 2 is 1.70 bits per heavy atom. The van der Waals surface area contributed by atoms with E-state index in [4.69, 9.17) is 15.8 Å². The molecule has 4 heterocycles. The molecule has 6 nitrogen and oxygen atoms in total. The number of hydrogen-bond acceptors (Lipinski definition) is 4. The van der Waals surface area contributed by atoms with Gasteiger partial charge in [-0.15, -0.1) is 0 Å². The number of rotatable bonds is 5. The molecule has 1 aliphatic rings. The lowest BCUT2D eigenvalue weighted by Crippen LogP contribution is -2.30. The first-order valence-electron chi connectivity index (χ1n) is 11.6. The van der Waals surface area contributed by atoms with Crippen LogP contribution in [0.2, 0.25) is 0 Å². The second-order valence-electron chi connectivity index (χ2n) is 8.71. The van der Waals surface area contributed by atoms with Crippen LogP contribution < -0.4 is 10.1 Å². The third-order valence-corrected chi connectivity index (χ3v) is 6.55. The molecule has 2 N–H and O–H groups in total. The quantitative estimate of drug-likeness (QED) is 0.426. The molecule has 5 aromatic rings. The molecule has 0 aliphatic carbocycles. The van der Waals surface area contributed by atoms with Crippen molar-refractivity contribution in [1.29, 1.82) is 0 Å². The van der Waals surface area contributed by atoms with E-state index < -0.39 is 0 Å². The van der Waals surface area contributed by atoms with Gasteiger partial charge in [0.15, 0.2) is 0 Å². The van der Waals surface area contributed by atoms with Gasteiger partial charge in [0, 0.05) is 23.4 Å². The summed E-state index contributed by atoms with van der Waals surface area (Å²) in [6, 6.07) is 23.1. The summed E-state index contributed by atoms with van der Waals surface area (Å²) in [6.45, 7) is 3.63. The van der Waals surface area contributed by atoms with E-state index in [1.807, 2.05) is 12.3 Å². The van der Waals surface area contributed by atoms with Gasteiger partial charge in [-0.3, -0.25) is 9.88 Å². The van der Waals surface area contributed by atoms with Crippen LogP contribution in [0.4, 0.5) is 0 Å². The van der Waals surface area contributed by atoms with E-state index in [0.29, 0.717) is 6.54 Å². The third kappa shape index (κ3) is 3.67. The first-order chi connectivity index (χ1) is 16.3. The Morgan fingerprint density at radius 3 is 2.45 bits per heavy atom. The molecule has 1 saturated heterocycles. The standard InChI is InChI=1S/C27H27N6/c28-17-20-8-10-23(11-9-20)33-27-24-16-22(21-6-2-1-3-7-21)18-29-25(24)12-15-32(27)26(30-33)19-31-13-4-5-14-31/h1-3,6-12,15-16,18H,4-5,13-14,17,19,28H2/q+1. The van der Waals surface area contributed by atoms with Crippen molar-refractivity contribution >= 4 is 16.6 Å². The Hall–Kier alpha value is -3.61. The maximum Gasteiger partial charge on any atom is 0.297 e. The Balaban J connectivity index is 1.58. The van der Waals surface area contributed by atoms with Crippen LogP contribution in [0, 0.1) is 0 Å². The fourth-order valence-electron chi connectivity index (χ4n) is 4.76. The van der Waals surface area contributed by atoms with Gasteiger partial charge in [0.25, 0.3) is 11.5 Å². The SMILES string of the molecule is NCc1ccc(-n2nc(CN3CCCC3)[n+]3ccc4ncc(-c5ccccc5)cc4c23)cc1. The molecule has 1 fully saturated rings. The maximum atomic E-state index is 5.83. The first kappa shape index (κ1) is 20.0. The van der Waals surface area contributed by atoms with Gasteiger partial charge in [0.05, 0.1) is 23.6 Å². The average Bonchev–Trinajstić information content (AvgIpc) is 3.53. The molecule has 164 valence electrons. The van der Waals surface area contributed by atoms with Crippen molar-refractivity contribution in [3.8, 4) is 16.8 Å².